The number of nitrogens with zero attached hydrogens (tertiary/aromatic N) is 1. The Bertz CT molecular complexity index is 805. The fourth-order valence-corrected chi connectivity index (χ4v) is 3.19. The lowest BCUT2D eigenvalue weighted by Gasteiger charge is -2.15. The third kappa shape index (κ3) is 3.86. The van der Waals surface area contributed by atoms with Gasteiger partial charge < -0.3 is 5.32 Å². The second-order valence-corrected chi connectivity index (χ2v) is 6.75. The summed E-state index contributed by atoms with van der Waals surface area (Å²) in [7, 11) is 0. The summed E-state index contributed by atoms with van der Waals surface area (Å²) in [6.07, 6.45) is 2.06. The van der Waals surface area contributed by atoms with Gasteiger partial charge in [0.15, 0.2) is 0 Å². The van der Waals surface area contributed by atoms with Crippen molar-refractivity contribution in [2.75, 3.05) is 6.26 Å². The Hall–Kier alpha value is -1.55. The lowest BCUT2D eigenvalue weighted by atomic mass is 10.1. The molecule has 0 saturated carbocycles. The largest absolute Gasteiger partial charge is 0.306 e. The van der Waals surface area contributed by atoms with Crippen molar-refractivity contribution >= 4 is 34.3 Å². The Morgan fingerprint density at radius 1 is 1.13 bits per heavy atom. The van der Waals surface area contributed by atoms with Crippen molar-refractivity contribution in [3.05, 3.63) is 70.9 Å². The number of hydrogen-bond donors (Lipinski definition) is 1. The molecule has 2 nitrogen and oxygen atoms in total. The summed E-state index contributed by atoms with van der Waals surface area (Å²) in [4.78, 5) is 5.75. The Morgan fingerprint density at radius 3 is 2.65 bits per heavy atom. The van der Waals surface area contributed by atoms with E-state index in [4.69, 9.17) is 11.6 Å². The summed E-state index contributed by atoms with van der Waals surface area (Å²) in [5.74, 6) is 0. The Kier molecular flexibility index (Phi) is 5.21. The van der Waals surface area contributed by atoms with Crippen LogP contribution in [0, 0.1) is 0 Å². The molecule has 1 heterocycles. The first kappa shape index (κ1) is 16.3. The molecule has 0 saturated heterocycles. The van der Waals surface area contributed by atoms with Gasteiger partial charge in [0.1, 0.15) is 5.15 Å². The van der Waals surface area contributed by atoms with Crippen molar-refractivity contribution in [1.82, 2.24) is 10.3 Å². The van der Waals surface area contributed by atoms with Gasteiger partial charge in [-0.1, -0.05) is 48.0 Å². The molecular formula is C19H19ClN2S. The van der Waals surface area contributed by atoms with Gasteiger partial charge in [-0.3, -0.25) is 0 Å². The van der Waals surface area contributed by atoms with Gasteiger partial charge in [-0.25, -0.2) is 4.98 Å². The lowest BCUT2D eigenvalue weighted by molar-refractivity contribution is 0.574. The predicted octanol–water partition coefficient (Wildman–Crippen LogP) is 5.46. The summed E-state index contributed by atoms with van der Waals surface area (Å²) in [5.41, 5.74) is 3.24. The van der Waals surface area contributed by atoms with Crippen LogP contribution in [-0.4, -0.2) is 11.2 Å². The first-order valence-electron chi connectivity index (χ1n) is 7.59. The Labute approximate surface area is 146 Å². The molecule has 1 atom stereocenters. The molecule has 1 aromatic heterocycles. The summed E-state index contributed by atoms with van der Waals surface area (Å²) in [5, 5.41) is 5.21. The maximum absolute atomic E-state index is 6.37. The van der Waals surface area contributed by atoms with Gasteiger partial charge >= 0.3 is 0 Å². The van der Waals surface area contributed by atoms with Crippen molar-refractivity contribution in [2.24, 2.45) is 0 Å². The van der Waals surface area contributed by atoms with E-state index in [2.05, 4.69) is 72.0 Å². The number of rotatable bonds is 5. The Morgan fingerprint density at radius 2 is 1.91 bits per heavy atom. The van der Waals surface area contributed by atoms with E-state index in [9.17, 15) is 0 Å². The normalized spacial score (nSPS) is 12.5. The fraction of sp³-hybridized carbons (Fsp3) is 0.211. The quantitative estimate of drug-likeness (QED) is 0.492. The molecule has 4 heteroatoms. The van der Waals surface area contributed by atoms with Gasteiger partial charge in [-0.2, -0.15) is 0 Å². The molecule has 2 aromatic carbocycles. The van der Waals surface area contributed by atoms with Crippen molar-refractivity contribution in [3.63, 3.8) is 0 Å². The summed E-state index contributed by atoms with van der Waals surface area (Å²) in [6, 6.07) is 19.1. The summed E-state index contributed by atoms with van der Waals surface area (Å²) < 4.78 is 0. The highest BCUT2D eigenvalue weighted by molar-refractivity contribution is 7.98. The molecule has 0 bridgehead atoms. The SMILES string of the molecule is CSc1ccc2cc(CN[C@@H](C)c3ccccc3)c(Cl)nc2c1. The molecular weight excluding hydrogens is 324 g/mol. The molecule has 0 fully saturated rings. The molecule has 0 unspecified atom stereocenters. The maximum atomic E-state index is 6.37. The van der Waals surface area contributed by atoms with E-state index in [0.717, 1.165) is 16.5 Å². The highest BCUT2D eigenvalue weighted by atomic mass is 35.5. The molecule has 0 aliphatic rings. The molecule has 0 aliphatic heterocycles. The van der Waals surface area contributed by atoms with Crippen LogP contribution in [0.15, 0.2) is 59.5 Å². The standard InChI is InChI=1S/C19H19ClN2S/c1-13(14-6-4-3-5-7-14)21-12-16-10-15-8-9-17(23-2)11-18(15)22-19(16)20/h3-11,13,21H,12H2,1-2H3/t13-/m0/s1. The minimum Gasteiger partial charge on any atom is -0.306 e. The van der Waals surface area contributed by atoms with Crippen LogP contribution in [0.25, 0.3) is 10.9 Å². The van der Waals surface area contributed by atoms with E-state index in [1.54, 1.807) is 11.8 Å². The predicted molar refractivity (Wildman–Crippen MR) is 100 cm³/mol. The van der Waals surface area contributed by atoms with Crippen LogP contribution in [0.4, 0.5) is 0 Å². The average Bonchev–Trinajstić information content (AvgIpc) is 2.60. The van der Waals surface area contributed by atoms with Gasteiger partial charge in [0, 0.05) is 28.4 Å². The van der Waals surface area contributed by atoms with E-state index >= 15 is 0 Å². The van der Waals surface area contributed by atoms with Crippen LogP contribution >= 0.6 is 23.4 Å². The summed E-state index contributed by atoms with van der Waals surface area (Å²) >= 11 is 8.08. The van der Waals surface area contributed by atoms with Crippen LogP contribution < -0.4 is 5.32 Å². The average molecular weight is 343 g/mol. The molecule has 23 heavy (non-hydrogen) atoms. The fourth-order valence-electron chi connectivity index (χ4n) is 2.54. The van der Waals surface area contributed by atoms with Crippen LogP contribution in [-0.2, 0) is 6.54 Å². The maximum Gasteiger partial charge on any atom is 0.134 e. The number of fused-ring (bicyclic) bond motifs is 1. The molecule has 0 radical (unpaired) electrons. The van der Waals surface area contributed by atoms with Gasteiger partial charge in [0.05, 0.1) is 5.52 Å². The van der Waals surface area contributed by atoms with Crippen LogP contribution in [0.5, 0.6) is 0 Å². The number of pyridine rings is 1. The third-order valence-corrected chi connectivity index (χ3v) is 5.00. The monoisotopic (exact) mass is 342 g/mol. The van der Waals surface area contributed by atoms with Gasteiger partial charge in [0.2, 0.25) is 0 Å². The summed E-state index contributed by atoms with van der Waals surface area (Å²) in [6.45, 7) is 2.85. The second kappa shape index (κ2) is 7.35. The van der Waals surface area contributed by atoms with Gasteiger partial charge in [-0.15, -0.1) is 11.8 Å². The first-order chi connectivity index (χ1) is 11.2. The smallest absolute Gasteiger partial charge is 0.134 e. The zero-order chi connectivity index (χ0) is 16.2. The first-order valence-corrected chi connectivity index (χ1v) is 9.19. The van der Waals surface area contributed by atoms with E-state index < -0.39 is 0 Å². The van der Waals surface area contributed by atoms with Crippen LogP contribution in [0.1, 0.15) is 24.1 Å². The zero-order valence-electron chi connectivity index (χ0n) is 13.2. The molecule has 3 aromatic rings. The molecule has 0 amide bonds. The van der Waals surface area contributed by atoms with Gasteiger partial charge in [-0.05, 0) is 36.9 Å². The molecule has 0 aliphatic carbocycles. The number of nitrogens with one attached hydrogen (secondary N) is 1. The van der Waals surface area contributed by atoms with E-state index in [1.807, 2.05) is 6.07 Å². The minimum atomic E-state index is 0.266. The van der Waals surface area contributed by atoms with E-state index in [-0.39, 0.29) is 6.04 Å². The van der Waals surface area contributed by atoms with Crippen LogP contribution in [0.2, 0.25) is 5.15 Å². The number of thioether (sulfide) groups is 1. The zero-order valence-corrected chi connectivity index (χ0v) is 14.8. The lowest BCUT2D eigenvalue weighted by Crippen LogP contribution is -2.18. The Balaban J connectivity index is 1.79. The van der Waals surface area contributed by atoms with Gasteiger partial charge in [0.25, 0.3) is 0 Å². The number of hydrogen-bond acceptors (Lipinski definition) is 3. The molecule has 0 spiro atoms. The van der Waals surface area contributed by atoms with E-state index in [1.165, 1.54) is 10.5 Å². The minimum absolute atomic E-state index is 0.266. The third-order valence-electron chi connectivity index (χ3n) is 3.95. The number of halogens is 1. The number of benzene rings is 2. The van der Waals surface area contributed by atoms with Crippen molar-refractivity contribution < 1.29 is 0 Å². The van der Waals surface area contributed by atoms with Crippen molar-refractivity contribution in [1.29, 1.82) is 0 Å². The molecule has 3 rings (SSSR count). The van der Waals surface area contributed by atoms with Crippen molar-refractivity contribution in [3.8, 4) is 0 Å². The second-order valence-electron chi connectivity index (χ2n) is 5.51. The van der Waals surface area contributed by atoms with E-state index in [0.29, 0.717) is 11.7 Å². The van der Waals surface area contributed by atoms with Crippen LogP contribution in [0.3, 0.4) is 0 Å². The number of aromatic nitrogens is 1. The highest BCUT2D eigenvalue weighted by Crippen LogP contribution is 2.25. The highest BCUT2D eigenvalue weighted by Gasteiger charge is 2.09. The molecule has 1 N–H and O–H groups in total. The topological polar surface area (TPSA) is 24.9 Å². The van der Waals surface area contributed by atoms with Crippen molar-refractivity contribution in [2.45, 2.75) is 24.4 Å². The molecule has 118 valence electrons.